The SMILES string of the molecule is CN=NCCC(C)CC(=O)Nc1cccc(C)c1CON=C(C)/C(C)=C/C(Cl)CCCl. The van der Waals surface area contributed by atoms with E-state index in [-0.39, 0.29) is 23.8 Å². The normalized spacial score (nSPS) is 14.5. The molecule has 0 saturated carbocycles. The number of carbonyl (C=O) groups excluding carboxylic acids is 1. The van der Waals surface area contributed by atoms with Crippen LogP contribution >= 0.6 is 23.2 Å². The molecule has 2 atom stereocenters. The molecule has 1 amide bonds. The first kappa shape index (κ1) is 27.1. The second-order valence-corrected chi connectivity index (χ2v) is 8.54. The summed E-state index contributed by atoms with van der Waals surface area (Å²) in [7, 11) is 1.65. The number of nitrogens with one attached hydrogen (secondary N) is 1. The topological polar surface area (TPSA) is 75.4 Å². The molecule has 0 spiro atoms. The van der Waals surface area contributed by atoms with Gasteiger partial charge in [0, 0.05) is 30.6 Å². The number of allylic oxidation sites excluding steroid dienone is 2. The number of alkyl halides is 2. The number of benzene rings is 1. The zero-order valence-electron chi connectivity index (χ0n) is 19.1. The maximum atomic E-state index is 12.5. The predicted molar refractivity (Wildman–Crippen MR) is 130 cm³/mol. The summed E-state index contributed by atoms with van der Waals surface area (Å²) in [6, 6.07) is 5.78. The third-order valence-electron chi connectivity index (χ3n) is 4.88. The zero-order chi connectivity index (χ0) is 23.2. The van der Waals surface area contributed by atoms with Crippen LogP contribution in [0.1, 0.15) is 51.2 Å². The van der Waals surface area contributed by atoms with Crippen LogP contribution in [0.15, 0.2) is 45.2 Å². The number of nitrogens with zero attached hydrogens (tertiary/aromatic N) is 3. The smallest absolute Gasteiger partial charge is 0.224 e. The highest BCUT2D eigenvalue weighted by atomic mass is 35.5. The highest BCUT2D eigenvalue weighted by Crippen LogP contribution is 2.22. The fourth-order valence-corrected chi connectivity index (χ4v) is 3.50. The Balaban J connectivity index is 2.75. The molecule has 0 saturated heterocycles. The lowest BCUT2D eigenvalue weighted by Gasteiger charge is -2.15. The molecule has 8 heteroatoms. The molecule has 0 aromatic heterocycles. The van der Waals surface area contributed by atoms with Gasteiger partial charge in [0.15, 0.2) is 0 Å². The minimum absolute atomic E-state index is 0.0290. The van der Waals surface area contributed by atoms with Gasteiger partial charge in [-0.15, -0.1) is 23.2 Å². The number of azo groups is 1. The van der Waals surface area contributed by atoms with Gasteiger partial charge in [0.25, 0.3) is 0 Å². The van der Waals surface area contributed by atoms with E-state index in [1.165, 1.54) is 0 Å². The molecule has 2 unspecified atom stereocenters. The Morgan fingerprint density at radius 2 is 2.03 bits per heavy atom. The van der Waals surface area contributed by atoms with Crippen molar-refractivity contribution in [2.75, 3.05) is 24.8 Å². The maximum Gasteiger partial charge on any atom is 0.224 e. The van der Waals surface area contributed by atoms with E-state index in [9.17, 15) is 4.79 Å². The van der Waals surface area contributed by atoms with Crippen LogP contribution in [0.2, 0.25) is 0 Å². The Bertz CT molecular complexity index is 794. The monoisotopic (exact) mass is 468 g/mol. The number of hydrogen-bond acceptors (Lipinski definition) is 5. The minimum Gasteiger partial charge on any atom is -0.391 e. The van der Waals surface area contributed by atoms with Gasteiger partial charge in [-0.3, -0.25) is 4.79 Å². The van der Waals surface area contributed by atoms with Crippen molar-refractivity contribution < 1.29 is 9.63 Å². The van der Waals surface area contributed by atoms with Crippen molar-refractivity contribution in [3.8, 4) is 0 Å². The minimum atomic E-state index is -0.131. The lowest BCUT2D eigenvalue weighted by atomic mass is 10.0. The van der Waals surface area contributed by atoms with Crippen LogP contribution in [-0.2, 0) is 16.2 Å². The first-order chi connectivity index (χ1) is 14.8. The van der Waals surface area contributed by atoms with E-state index >= 15 is 0 Å². The van der Waals surface area contributed by atoms with Crippen LogP contribution < -0.4 is 5.32 Å². The van der Waals surface area contributed by atoms with Crippen molar-refractivity contribution in [3.05, 3.63) is 41.0 Å². The summed E-state index contributed by atoms with van der Waals surface area (Å²) < 4.78 is 0. The lowest BCUT2D eigenvalue weighted by Crippen LogP contribution is -2.17. The summed E-state index contributed by atoms with van der Waals surface area (Å²) in [6.07, 6.45) is 3.87. The first-order valence-corrected chi connectivity index (χ1v) is 11.4. The maximum absolute atomic E-state index is 12.5. The van der Waals surface area contributed by atoms with Gasteiger partial charge < -0.3 is 10.2 Å². The van der Waals surface area contributed by atoms with Crippen molar-refractivity contribution in [2.45, 2.75) is 58.9 Å². The van der Waals surface area contributed by atoms with Crippen LogP contribution in [-0.4, -0.2) is 36.5 Å². The van der Waals surface area contributed by atoms with E-state index in [4.69, 9.17) is 28.0 Å². The number of amides is 1. The lowest BCUT2D eigenvalue weighted by molar-refractivity contribution is -0.117. The fourth-order valence-electron chi connectivity index (χ4n) is 2.85. The van der Waals surface area contributed by atoms with E-state index in [1.807, 2.05) is 52.0 Å². The zero-order valence-corrected chi connectivity index (χ0v) is 20.6. The van der Waals surface area contributed by atoms with E-state index in [1.54, 1.807) is 7.05 Å². The van der Waals surface area contributed by atoms with Crippen molar-refractivity contribution in [2.24, 2.45) is 21.3 Å². The van der Waals surface area contributed by atoms with Gasteiger partial charge in [-0.2, -0.15) is 10.2 Å². The number of rotatable bonds is 13. The third-order valence-corrected chi connectivity index (χ3v) is 5.44. The molecular formula is C23H34Cl2N4O2. The average Bonchev–Trinajstić information content (AvgIpc) is 2.70. The molecule has 0 radical (unpaired) electrons. The highest BCUT2D eigenvalue weighted by molar-refractivity contribution is 6.23. The van der Waals surface area contributed by atoms with Gasteiger partial charge in [-0.1, -0.05) is 30.3 Å². The van der Waals surface area contributed by atoms with Gasteiger partial charge in [0.05, 0.1) is 17.6 Å². The van der Waals surface area contributed by atoms with E-state index in [2.05, 4.69) is 20.7 Å². The summed E-state index contributed by atoms with van der Waals surface area (Å²) >= 11 is 11.9. The molecular weight excluding hydrogens is 435 g/mol. The molecule has 0 bridgehead atoms. The largest absolute Gasteiger partial charge is 0.391 e. The molecule has 6 nitrogen and oxygen atoms in total. The summed E-state index contributed by atoms with van der Waals surface area (Å²) in [6.45, 7) is 8.72. The first-order valence-electron chi connectivity index (χ1n) is 10.5. The molecule has 1 rings (SSSR count). The molecule has 0 fully saturated rings. The Kier molecular flexibility index (Phi) is 13.1. The molecule has 0 aliphatic carbocycles. The Hall–Kier alpha value is -1.92. The Labute approximate surface area is 196 Å². The van der Waals surface area contributed by atoms with Gasteiger partial charge in [0.1, 0.15) is 6.61 Å². The molecule has 0 heterocycles. The highest BCUT2D eigenvalue weighted by Gasteiger charge is 2.13. The Morgan fingerprint density at radius 1 is 1.29 bits per heavy atom. The summed E-state index contributed by atoms with van der Waals surface area (Å²) in [4.78, 5) is 18.1. The molecule has 31 heavy (non-hydrogen) atoms. The Morgan fingerprint density at radius 3 is 2.71 bits per heavy atom. The standard InChI is InChI=1S/C23H34Cl2N4O2/c1-16(10-12-27-26-5)13-23(30)28-22-8-6-7-17(2)21(22)15-31-29-19(4)18(3)14-20(25)9-11-24/h6-8,14,16,20H,9-13,15H2,1-5H3,(H,28,30)/b18-14+,27-26?,29-19?. The molecule has 1 N–H and O–H groups in total. The fraction of sp³-hybridized carbons (Fsp3) is 0.565. The van der Waals surface area contributed by atoms with Gasteiger partial charge in [-0.05, 0) is 56.7 Å². The number of oxime groups is 1. The number of aryl methyl sites for hydroxylation is 1. The van der Waals surface area contributed by atoms with Crippen LogP contribution in [0.4, 0.5) is 5.69 Å². The molecule has 0 aliphatic heterocycles. The molecule has 172 valence electrons. The van der Waals surface area contributed by atoms with Crippen LogP contribution in [0.3, 0.4) is 0 Å². The third kappa shape index (κ3) is 10.8. The quantitative estimate of drug-likeness (QED) is 0.155. The second kappa shape index (κ2) is 15.0. The second-order valence-electron chi connectivity index (χ2n) is 7.61. The number of halogens is 2. The summed E-state index contributed by atoms with van der Waals surface area (Å²) in [5, 5.41) is 14.8. The van der Waals surface area contributed by atoms with E-state index < -0.39 is 0 Å². The predicted octanol–water partition coefficient (Wildman–Crippen LogP) is 6.51. The molecule has 0 aliphatic rings. The van der Waals surface area contributed by atoms with Gasteiger partial charge in [0.2, 0.25) is 5.91 Å². The van der Waals surface area contributed by atoms with Crippen molar-refractivity contribution >= 4 is 40.5 Å². The van der Waals surface area contributed by atoms with Gasteiger partial charge >= 0.3 is 0 Å². The van der Waals surface area contributed by atoms with Crippen LogP contribution in [0, 0.1) is 12.8 Å². The van der Waals surface area contributed by atoms with Crippen LogP contribution in [0.5, 0.6) is 0 Å². The van der Waals surface area contributed by atoms with E-state index in [0.29, 0.717) is 25.3 Å². The van der Waals surface area contributed by atoms with Crippen molar-refractivity contribution in [1.29, 1.82) is 0 Å². The summed E-state index contributed by atoms with van der Waals surface area (Å²) in [5.41, 5.74) is 4.36. The van der Waals surface area contributed by atoms with E-state index in [0.717, 1.165) is 34.5 Å². The van der Waals surface area contributed by atoms with Crippen LogP contribution in [0.25, 0.3) is 0 Å². The van der Waals surface area contributed by atoms with Crippen molar-refractivity contribution in [1.82, 2.24) is 0 Å². The van der Waals surface area contributed by atoms with Crippen molar-refractivity contribution in [3.63, 3.8) is 0 Å². The molecule has 1 aromatic rings. The number of hydrogen-bond donors (Lipinski definition) is 1. The number of carbonyl (C=O) groups is 1. The summed E-state index contributed by atoms with van der Waals surface area (Å²) in [5.74, 6) is 0.704. The van der Waals surface area contributed by atoms with Gasteiger partial charge in [-0.25, -0.2) is 0 Å². The molecule has 1 aromatic carbocycles. The average molecular weight is 469 g/mol. The number of anilines is 1.